The number of rotatable bonds is 5. The SMILES string of the molecule is CC1CCC(NC(=O)C(N)CC(=O)O)(C(=O)O)CC1. The van der Waals surface area contributed by atoms with Gasteiger partial charge >= 0.3 is 11.9 Å². The molecule has 7 nitrogen and oxygen atoms in total. The molecule has 1 unspecified atom stereocenters. The standard InChI is InChI=1S/C12H20N2O5/c1-7-2-4-12(5-3-7,11(18)19)14-10(17)8(13)6-9(15)16/h7-8H,2-6,13H2,1H3,(H,14,17)(H,15,16)(H,18,19). The molecule has 0 heterocycles. The highest BCUT2D eigenvalue weighted by molar-refractivity contribution is 5.91. The Morgan fingerprint density at radius 3 is 2.26 bits per heavy atom. The zero-order valence-electron chi connectivity index (χ0n) is 10.9. The Bertz CT molecular complexity index is 374. The average molecular weight is 272 g/mol. The molecule has 1 rings (SSSR count). The van der Waals surface area contributed by atoms with E-state index < -0.39 is 35.8 Å². The van der Waals surface area contributed by atoms with Gasteiger partial charge in [-0.05, 0) is 31.6 Å². The minimum atomic E-state index is -1.31. The van der Waals surface area contributed by atoms with E-state index in [-0.39, 0.29) is 0 Å². The molecule has 7 heteroatoms. The third-order valence-corrected chi connectivity index (χ3v) is 3.63. The number of carboxylic acids is 2. The second-order valence-electron chi connectivity index (χ2n) is 5.26. The highest BCUT2D eigenvalue weighted by Crippen LogP contribution is 2.32. The highest BCUT2D eigenvalue weighted by atomic mass is 16.4. The summed E-state index contributed by atoms with van der Waals surface area (Å²) < 4.78 is 0. The van der Waals surface area contributed by atoms with E-state index in [4.69, 9.17) is 10.8 Å². The minimum absolute atomic E-state index is 0.342. The molecule has 1 aliphatic carbocycles. The first-order valence-corrected chi connectivity index (χ1v) is 6.29. The summed E-state index contributed by atoms with van der Waals surface area (Å²) in [4.78, 5) is 33.7. The number of carbonyl (C=O) groups excluding carboxylic acids is 1. The van der Waals surface area contributed by atoms with E-state index in [2.05, 4.69) is 5.32 Å². The molecule has 0 aromatic heterocycles. The van der Waals surface area contributed by atoms with Gasteiger partial charge in [-0.15, -0.1) is 0 Å². The van der Waals surface area contributed by atoms with Gasteiger partial charge in [0.05, 0.1) is 12.5 Å². The number of nitrogens with one attached hydrogen (secondary N) is 1. The van der Waals surface area contributed by atoms with Crippen molar-refractivity contribution in [3.05, 3.63) is 0 Å². The fourth-order valence-electron chi connectivity index (χ4n) is 2.26. The molecule has 0 radical (unpaired) electrons. The van der Waals surface area contributed by atoms with Gasteiger partial charge in [-0.2, -0.15) is 0 Å². The summed E-state index contributed by atoms with van der Waals surface area (Å²) in [6.45, 7) is 2.03. The molecular weight excluding hydrogens is 252 g/mol. The summed E-state index contributed by atoms with van der Waals surface area (Å²) in [5.41, 5.74) is 4.13. The maximum absolute atomic E-state index is 11.8. The van der Waals surface area contributed by atoms with Crippen molar-refractivity contribution in [2.45, 2.75) is 50.6 Å². The van der Waals surface area contributed by atoms with Crippen LogP contribution in [0.3, 0.4) is 0 Å². The molecule has 1 atom stereocenters. The molecule has 1 amide bonds. The van der Waals surface area contributed by atoms with Crippen LogP contribution in [-0.4, -0.2) is 39.6 Å². The Labute approximate surface area is 111 Å². The van der Waals surface area contributed by atoms with Crippen LogP contribution in [0.5, 0.6) is 0 Å². The van der Waals surface area contributed by atoms with E-state index in [9.17, 15) is 19.5 Å². The highest BCUT2D eigenvalue weighted by Gasteiger charge is 2.43. The fourth-order valence-corrected chi connectivity index (χ4v) is 2.26. The predicted octanol–water partition coefficient (Wildman–Crippen LogP) is -0.0619. The van der Waals surface area contributed by atoms with Crippen molar-refractivity contribution in [2.75, 3.05) is 0 Å². The lowest BCUT2D eigenvalue weighted by Crippen LogP contribution is -2.59. The van der Waals surface area contributed by atoms with Gasteiger partial charge in [0.1, 0.15) is 5.54 Å². The molecular formula is C12H20N2O5. The topological polar surface area (TPSA) is 130 Å². The first-order valence-electron chi connectivity index (χ1n) is 6.29. The van der Waals surface area contributed by atoms with Crippen LogP contribution in [-0.2, 0) is 14.4 Å². The Kier molecular flexibility index (Phi) is 4.88. The summed E-state index contributed by atoms with van der Waals surface area (Å²) in [5.74, 6) is -2.57. The van der Waals surface area contributed by atoms with Gasteiger partial charge in [0, 0.05) is 0 Å². The van der Waals surface area contributed by atoms with Crippen molar-refractivity contribution in [1.82, 2.24) is 5.32 Å². The molecule has 0 bridgehead atoms. The van der Waals surface area contributed by atoms with Crippen molar-refractivity contribution in [1.29, 1.82) is 0 Å². The number of hydrogen-bond donors (Lipinski definition) is 4. The molecule has 1 saturated carbocycles. The van der Waals surface area contributed by atoms with Gasteiger partial charge in [0.25, 0.3) is 0 Å². The third kappa shape index (κ3) is 3.92. The normalized spacial score (nSPS) is 28.4. The van der Waals surface area contributed by atoms with Gasteiger partial charge in [-0.1, -0.05) is 6.92 Å². The summed E-state index contributed by atoms with van der Waals surface area (Å²) in [6, 6.07) is -1.23. The maximum atomic E-state index is 11.8. The second kappa shape index (κ2) is 6.01. The summed E-state index contributed by atoms with van der Waals surface area (Å²) >= 11 is 0. The van der Waals surface area contributed by atoms with E-state index in [0.717, 1.165) is 0 Å². The molecule has 108 valence electrons. The molecule has 0 aliphatic heterocycles. The zero-order valence-corrected chi connectivity index (χ0v) is 10.9. The third-order valence-electron chi connectivity index (χ3n) is 3.63. The smallest absolute Gasteiger partial charge is 0.329 e. The fraction of sp³-hybridized carbons (Fsp3) is 0.750. The maximum Gasteiger partial charge on any atom is 0.329 e. The number of carboxylic acid groups (broad SMARTS) is 2. The van der Waals surface area contributed by atoms with Crippen molar-refractivity contribution in [3.63, 3.8) is 0 Å². The quantitative estimate of drug-likeness (QED) is 0.554. The Morgan fingerprint density at radius 1 is 1.32 bits per heavy atom. The predicted molar refractivity (Wildman–Crippen MR) is 66.4 cm³/mol. The number of aliphatic carboxylic acids is 2. The number of hydrogen-bond acceptors (Lipinski definition) is 4. The van der Waals surface area contributed by atoms with E-state index in [1.54, 1.807) is 0 Å². The molecule has 0 spiro atoms. The van der Waals surface area contributed by atoms with Crippen LogP contribution in [0.15, 0.2) is 0 Å². The monoisotopic (exact) mass is 272 g/mol. The molecule has 0 saturated heterocycles. The number of carbonyl (C=O) groups is 3. The van der Waals surface area contributed by atoms with E-state index >= 15 is 0 Å². The zero-order chi connectivity index (χ0) is 14.6. The van der Waals surface area contributed by atoms with Crippen LogP contribution >= 0.6 is 0 Å². The van der Waals surface area contributed by atoms with Crippen LogP contribution < -0.4 is 11.1 Å². The molecule has 1 fully saturated rings. The van der Waals surface area contributed by atoms with E-state index in [0.29, 0.717) is 31.6 Å². The van der Waals surface area contributed by atoms with Crippen molar-refractivity contribution >= 4 is 17.8 Å². The van der Waals surface area contributed by atoms with Gasteiger partial charge < -0.3 is 21.3 Å². The van der Waals surface area contributed by atoms with Crippen molar-refractivity contribution in [2.24, 2.45) is 11.7 Å². The van der Waals surface area contributed by atoms with E-state index in [1.165, 1.54) is 0 Å². The average Bonchev–Trinajstić information content (AvgIpc) is 2.31. The first-order chi connectivity index (χ1) is 8.77. The van der Waals surface area contributed by atoms with Crippen LogP contribution in [0.2, 0.25) is 0 Å². The van der Waals surface area contributed by atoms with Crippen LogP contribution in [0.25, 0.3) is 0 Å². The van der Waals surface area contributed by atoms with Gasteiger partial charge in [-0.3, -0.25) is 9.59 Å². The lowest BCUT2D eigenvalue weighted by molar-refractivity contribution is -0.150. The van der Waals surface area contributed by atoms with Gasteiger partial charge in [0.2, 0.25) is 5.91 Å². The molecule has 0 aromatic rings. The van der Waals surface area contributed by atoms with Gasteiger partial charge in [0.15, 0.2) is 0 Å². The van der Waals surface area contributed by atoms with Crippen molar-refractivity contribution in [3.8, 4) is 0 Å². The summed E-state index contributed by atoms with van der Waals surface area (Å²) in [7, 11) is 0. The lowest BCUT2D eigenvalue weighted by Gasteiger charge is -2.37. The lowest BCUT2D eigenvalue weighted by atomic mass is 9.77. The number of amides is 1. The molecule has 19 heavy (non-hydrogen) atoms. The van der Waals surface area contributed by atoms with E-state index in [1.807, 2.05) is 6.92 Å². The van der Waals surface area contributed by atoms with Crippen LogP contribution in [0.4, 0.5) is 0 Å². The Hall–Kier alpha value is -1.63. The minimum Gasteiger partial charge on any atom is -0.481 e. The molecule has 5 N–H and O–H groups in total. The summed E-state index contributed by atoms with van der Waals surface area (Å²) in [5, 5.41) is 20.3. The van der Waals surface area contributed by atoms with Crippen LogP contribution in [0.1, 0.15) is 39.0 Å². The Morgan fingerprint density at radius 2 is 1.84 bits per heavy atom. The first kappa shape index (κ1) is 15.4. The number of nitrogens with two attached hydrogens (primary N) is 1. The van der Waals surface area contributed by atoms with Gasteiger partial charge in [-0.25, -0.2) is 4.79 Å². The Balaban J connectivity index is 2.71. The molecule has 0 aromatic carbocycles. The second-order valence-corrected chi connectivity index (χ2v) is 5.26. The molecule has 1 aliphatic rings. The largest absolute Gasteiger partial charge is 0.481 e. The summed E-state index contributed by atoms with van der Waals surface area (Å²) in [6.07, 6.45) is 1.59. The van der Waals surface area contributed by atoms with Crippen molar-refractivity contribution < 1.29 is 24.6 Å². The van der Waals surface area contributed by atoms with Crippen LogP contribution in [0, 0.1) is 5.92 Å².